The van der Waals surface area contributed by atoms with E-state index in [0.29, 0.717) is 27.6 Å². The van der Waals surface area contributed by atoms with Crippen LogP contribution in [0.4, 0.5) is 17.1 Å². The molecule has 0 unspecified atom stereocenters. The molecule has 3 rings (SSSR count). The van der Waals surface area contributed by atoms with Crippen LogP contribution in [0.2, 0.25) is 5.02 Å². The summed E-state index contributed by atoms with van der Waals surface area (Å²) in [6.45, 7) is 6.23. The number of nitrogens with zero attached hydrogens (tertiary/aromatic N) is 3. The van der Waals surface area contributed by atoms with E-state index in [9.17, 15) is 10.2 Å². The van der Waals surface area contributed by atoms with Gasteiger partial charge in [0.2, 0.25) is 0 Å². The Morgan fingerprint density at radius 1 is 0.793 bits per heavy atom. The fourth-order valence-corrected chi connectivity index (χ4v) is 2.69. The number of benzene rings is 3. The Hall–Kier alpha value is -3.18. The molecule has 0 amide bonds. The largest absolute Gasteiger partial charge is 0.507 e. The summed E-state index contributed by atoms with van der Waals surface area (Å²) >= 11 is 5.86. The van der Waals surface area contributed by atoms with Gasteiger partial charge in [0.15, 0.2) is 0 Å². The van der Waals surface area contributed by atoms with Gasteiger partial charge in [-0.2, -0.15) is 10.2 Å². The van der Waals surface area contributed by atoms with Crippen LogP contribution < -0.4 is 0 Å². The molecule has 3 aromatic rings. The summed E-state index contributed by atoms with van der Waals surface area (Å²) in [6.07, 6.45) is 1.49. The number of phenols is 2. The minimum atomic E-state index is -0.0680. The van der Waals surface area contributed by atoms with Crippen molar-refractivity contribution >= 4 is 34.9 Å². The molecular formula is C23H22ClN3O2. The number of hydrogen-bond donors (Lipinski definition) is 2. The molecule has 0 heterocycles. The Balaban J connectivity index is 1.82. The van der Waals surface area contributed by atoms with Gasteiger partial charge in [0.1, 0.15) is 17.2 Å². The van der Waals surface area contributed by atoms with Crippen molar-refractivity contribution in [3.63, 3.8) is 0 Å². The SMILES string of the molecule is CC(C)(C)c1ccc(N=Cc2cc(N=Nc3ccc(Cl)cc3)ccc2O)c(O)c1. The van der Waals surface area contributed by atoms with E-state index in [1.165, 1.54) is 12.3 Å². The van der Waals surface area contributed by atoms with Crippen LogP contribution in [0.25, 0.3) is 0 Å². The molecule has 0 spiro atoms. The maximum Gasteiger partial charge on any atom is 0.141 e. The summed E-state index contributed by atoms with van der Waals surface area (Å²) in [4.78, 5) is 4.31. The van der Waals surface area contributed by atoms with E-state index >= 15 is 0 Å². The zero-order valence-corrected chi connectivity index (χ0v) is 17.2. The number of rotatable bonds is 4. The van der Waals surface area contributed by atoms with Gasteiger partial charge in [-0.15, -0.1) is 0 Å². The van der Waals surface area contributed by atoms with Crippen LogP contribution in [0.3, 0.4) is 0 Å². The van der Waals surface area contributed by atoms with Gasteiger partial charge in [0.25, 0.3) is 0 Å². The van der Waals surface area contributed by atoms with Crippen LogP contribution in [-0.2, 0) is 5.41 Å². The summed E-state index contributed by atoms with van der Waals surface area (Å²) in [5, 5.41) is 29.3. The molecule has 2 N–H and O–H groups in total. The maximum absolute atomic E-state index is 10.3. The van der Waals surface area contributed by atoms with Crippen molar-refractivity contribution in [3.05, 3.63) is 76.8 Å². The van der Waals surface area contributed by atoms with E-state index in [4.69, 9.17) is 11.6 Å². The van der Waals surface area contributed by atoms with E-state index in [2.05, 4.69) is 36.0 Å². The maximum atomic E-state index is 10.3. The first kappa shape index (κ1) is 20.6. The van der Waals surface area contributed by atoms with Gasteiger partial charge < -0.3 is 10.2 Å². The van der Waals surface area contributed by atoms with Crippen LogP contribution in [-0.4, -0.2) is 16.4 Å². The normalized spacial score (nSPS) is 12.1. The highest BCUT2D eigenvalue weighted by Crippen LogP contribution is 2.33. The van der Waals surface area contributed by atoms with Crippen LogP contribution in [0.1, 0.15) is 31.9 Å². The molecule has 0 fully saturated rings. The second kappa shape index (κ2) is 8.45. The molecule has 0 saturated carbocycles. The van der Waals surface area contributed by atoms with Gasteiger partial charge in [-0.05, 0) is 65.6 Å². The summed E-state index contributed by atoms with van der Waals surface area (Å²) in [7, 11) is 0. The predicted molar refractivity (Wildman–Crippen MR) is 118 cm³/mol. The van der Waals surface area contributed by atoms with Crippen LogP contribution >= 0.6 is 11.6 Å². The summed E-state index contributed by atoms with van der Waals surface area (Å²) in [6, 6.07) is 17.3. The topological polar surface area (TPSA) is 77.5 Å². The average molecular weight is 408 g/mol. The average Bonchev–Trinajstić information content (AvgIpc) is 2.67. The first-order chi connectivity index (χ1) is 13.7. The van der Waals surface area contributed by atoms with E-state index < -0.39 is 0 Å². The second-order valence-corrected chi connectivity index (χ2v) is 8.07. The van der Waals surface area contributed by atoms with Crippen LogP contribution in [0, 0.1) is 0 Å². The lowest BCUT2D eigenvalue weighted by Gasteiger charge is -2.19. The monoisotopic (exact) mass is 407 g/mol. The van der Waals surface area contributed by atoms with Gasteiger partial charge in [0.05, 0.1) is 11.4 Å². The minimum Gasteiger partial charge on any atom is -0.507 e. The molecular weight excluding hydrogens is 386 g/mol. The molecule has 0 bridgehead atoms. The smallest absolute Gasteiger partial charge is 0.141 e. The minimum absolute atomic E-state index is 0.0602. The molecule has 0 radical (unpaired) electrons. The number of hydrogen-bond acceptors (Lipinski definition) is 5. The number of phenolic OH excluding ortho intramolecular Hbond substituents is 2. The molecule has 148 valence electrons. The van der Waals surface area contributed by atoms with Gasteiger partial charge >= 0.3 is 0 Å². The molecule has 0 aliphatic carbocycles. The van der Waals surface area contributed by atoms with Crippen molar-refractivity contribution < 1.29 is 10.2 Å². The first-order valence-corrected chi connectivity index (χ1v) is 9.48. The zero-order valence-electron chi connectivity index (χ0n) is 16.5. The lowest BCUT2D eigenvalue weighted by atomic mass is 9.87. The molecule has 0 aliphatic rings. The van der Waals surface area contributed by atoms with Gasteiger partial charge in [-0.25, -0.2) is 0 Å². The third kappa shape index (κ3) is 5.42. The number of aliphatic imine (C=N–C) groups is 1. The quantitative estimate of drug-likeness (QED) is 0.354. The van der Waals surface area contributed by atoms with Crippen molar-refractivity contribution in [2.75, 3.05) is 0 Å². The molecule has 6 heteroatoms. The number of azo groups is 1. The van der Waals surface area contributed by atoms with Crippen LogP contribution in [0.15, 0.2) is 75.9 Å². The van der Waals surface area contributed by atoms with Crippen molar-refractivity contribution in [3.8, 4) is 11.5 Å². The van der Waals surface area contributed by atoms with E-state index in [-0.39, 0.29) is 16.9 Å². The highest BCUT2D eigenvalue weighted by molar-refractivity contribution is 6.30. The van der Waals surface area contributed by atoms with Gasteiger partial charge in [-0.1, -0.05) is 38.4 Å². The summed E-state index contributed by atoms with van der Waals surface area (Å²) in [5.41, 5.74) is 3.07. The molecule has 3 aromatic carbocycles. The predicted octanol–water partition coefficient (Wildman–Crippen LogP) is 7.21. The van der Waals surface area contributed by atoms with Gasteiger partial charge in [0, 0.05) is 16.8 Å². The lowest BCUT2D eigenvalue weighted by molar-refractivity contribution is 0.472. The highest BCUT2D eigenvalue weighted by Gasteiger charge is 2.15. The Morgan fingerprint density at radius 2 is 1.45 bits per heavy atom. The molecule has 0 atom stereocenters. The molecule has 0 saturated heterocycles. The van der Waals surface area contributed by atoms with Crippen molar-refractivity contribution in [1.82, 2.24) is 0 Å². The molecule has 5 nitrogen and oxygen atoms in total. The molecule has 0 aliphatic heterocycles. The fraction of sp³-hybridized carbons (Fsp3) is 0.174. The van der Waals surface area contributed by atoms with Gasteiger partial charge in [-0.3, -0.25) is 4.99 Å². The molecule has 29 heavy (non-hydrogen) atoms. The van der Waals surface area contributed by atoms with Crippen molar-refractivity contribution in [2.24, 2.45) is 15.2 Å². The third-order valence-electron chi connectivity index (χ3n) is 4.30. The zero-order chi connectivity index (χ0) is 21.0. The first-order valence-electron chi connectivity index (χ1n) is 9.10. The fourth-order valence-electron chi connectivity index (χ4n) is 2.57. The molecule has 0 aromatic heterocycles. The van der Waals surface area contributed by atoms with Crippen LogP contribution in [0.5, 0.6) is 11.5 Å². The number of aromatic hydroxyl groups is 2. The van der Waals surface area contributed by atoms with Crippen molar-refractivity contribution in [1.29, 1.82) is 0 Å². The standard InChI is InChI=1S/C23H22ClN3O2/c1-23(2,3)16-4-10-20(22(29)13-16)25-14-15-12-19(9-11-21(15)28)27-26-18-7-5-17(24)6-8-18/h4-14,28-29H,1-3H3. The Morgan fingerprint density at radius 3 is 2.10 bits per heavy atom. The van der Waals surface area contributed by atoms with E-state index in [1.807, 2.05) is 6.07 Å². The van der Waals surface area contributed by atoms with Crippen molar-refractivity contribution in [2.45, 2.75) is 26.2 Å². The van der Waals surface area contributed by atoms with E-state index in [1.54, 1.807) is 48.5 Å². The second-order valence-electron chi connectivity index (χ2n) is 7.63. The third-order valence-corrected chi connectivity index (χ3v) is 4.55. The Labute approximate surface area is 175 Å². The van der Waals surface area contributed by atoms with E-state index in [0.717, 1.165) is 5.56 Å². The Kier molecular flexibility index (Phi) is 5.99. The summed E-state index contributed by atoms with van der Waals surface area (Å²) in [5.74, 6) is 0.150. The summed E-state index contributed by atoms with van der Waals surface area (Å²) < 4.78 is 0. The number of halogens is 1. The Bertz CT molecular complexity index is 1070. The highest BCUT2D eigenvalue weighted by atomic mass is 35.5. The lowest BCUT2D eigenvalue weighted by Crippen LogP contribution is -2.10.